The highest BCUT2D eigenvalue weighted by Gasteiger charge is 2.11. The van der Waals surface area contributed by atoms with E-state index in [1.165, 1.54) is 6.20 Å². The van der Waals surface area contributed by atoms with Gasteiger partial charge in [-0.3, -0.25) is 0 Å². The van der Waals surface area contributed by atoms with Gasteiger partial charge in [0.2, 0.25) is 0 Å². The summed E-state index contributed by atoms with van der Waals surface area (Å²) in [6, 6.07) is 12.7. The second-order valence-corrected chi connectivity index (χ2v) is 4.02. The van der Waals surface area contributed by atoms with Crippen LogP contribution in [0.3, 0.4) is 0 Å². The van der Waals surface area contributed by atoms with Gasteiger partial charge in [0.25, 0.3) is 0 Å². The lowest BCUT2D eigenvalue weighted by Crippen LogP contribution is -2.09. The molecule has 0 bridgehead atoms. The molecule has 0 aliphatic rings. The number of carboxylic acid groups (broad SMARTS) is 1. The Balaban J connectivity index is 1.75. The molecule has 1 N–H and O–H groups in total. The molecule has 5 nitrogen and oxygen atoms in total. The Morgan fingerprint density at radius 1 is 1.05 bits per heavy atom. The zero-order valence-corrected chi connectivity index (χ0v) is 10.9. The summed E-state index contributed by atoms with van der Waals surface area (Å²) in [6.45, 7) is 0.880. The second kappa shape index (κ2) is 7.13. The molecule has 1 aromatic carbocycles. The third-order valence-electron chi connectivity index (χ3n) is 2.53. The van der Waals surface area contributed by atoms with E-state index in [4.69, 9.17) is 14.6 Å². The number of carbonyl (C=O) groups is 1. The van der Waals surface area contributed by atoms with E-state index in [9.17, 15) is 4.79 Å². The molecule has 1 heterocycles. The minimum atomic E-state index is -1.10. The first-order valence-electron chi connectivity index (χ1n) is 6.26. The molecule has 2 rings (SSSR count). The Bertz CT molecular complexity index is 557. The van der Waals surface area contributed by atoms with Crippen molar-refractivity contribution in [2.24, 2.45) is 0 Å². The number of hydrogen-bond acceptors (Lipinski definition) is 4. The molecule has 0 spiro atoms. The van der Waals surface area contributed by atoms with Crippen molar-refractivity contribution in [2.75, 3.05) is 13.2 Å². The van der Waals surface area contributed by atoms with Crippen LogP contribution in [-0.2, 0) is 0 Å². The quantitative estimate of drug-likeness (QED) is 0.785. The topological polar surface area (TPSA) is 68.7 Å². The molecule has 5 heteroatoms. The molecule has 0 aliphatic heterocycles. The van der Waals surface area contributed by atoms with E-state index in [0.29, 0.717) is 19.6 Å². The fourth-order valence-corrected chi connectivity index (χ4v) is 1.62. The number of carboxylic acids is 1. The fraction of sp³-hybridized carbons (Fsp3) is 0.200. The van der Waals surface area contributed by atoms with Crippen LogP contribution in [0.1, 0.15) is 16.9 Å². The number of hydrogen-bond donors (Lipinski definition) is 1. The van der Waals surface area contributed by atoms with Crippen molar-refractivity contribution in [3.05, 3.63) is 54.4 Å². The molecule has 0 aliphatic carbocycles. The minimum Gasteiger partial charge on any atom is -0.493 e. The first-order chi connectivity index (χ1) is 9.77. The van der Waals surface area contributed by atoms with Gasteiger partial charge in [-0.05, 0) is 24.3 Å². The fourth-order valence-electron chi connectivity index (χ4n) is 1.62. The monoisotopic (exact) mass is 273 g/mol. The summed E-state index contributed by atoms with van der Waals surface area (Å²) in [5.41, 5.74) is -0.0727. The van der Waals surface area contributed by atoms with Gasteiger partial charge in [-0.2, -0.15) is 0 Å². The second-order valence-electron chi connectivity index (χ2n) is 4.02. The maximum atomic E-state index is 10.9. The zero-order valence-electron chi connectivity index (χ0n) is 10.9. The molecule has 0 amide bonds. The molecule has 2 aromatic rings. The first-order valence-corrected chi connectivity index (χ1v) is 6.26. The molecule has 1 aromatic heterocycles. The predicted molar refractivity (Wildman–Crippen MR) is 73.2 cm³/mol. The van der Waals surface area contributed by atoms with Crippen molar-refractivity contribution in [1.29, 1.82) is 0 Å². The molecule has 0 fully saturated rings. The average Bonchev–Trinajstić information content (AvgIpc) is 2.48. The number of pyridine rings is 1. The summed E-state index contributed by atoms with van der Waals surface area (Å²) in [4.78, 5) is 14.7. The Labute approximate surface area is 116 Å². The van der Waals surface area contributed by atoms with E-state index in [0.717, 1.165) is 5.75 Å². The maximum absolute atomic E-state index is 10.9. The standard InChI is InChI=1S/C15H15NO4/c17-15(18)14-13(8-4-9-16-14)20-11-5-10-19-12-6-2-1-3-7-12/h1-4,6-9H,5,10-11H2,(H,17,18). The van der Waals surface area contributed by atoms with Crippen LogP contribution in [0.25, 0.3) is 0 Å². The van der Waals surface area contributed by atoms with Crippen molar-refractivity contribution in [3.63, 3.8) is 0 Å². The zero-order chi connectivity index (χ0) is 14.2. The molecule has 0 atom stereocenters. The molecule has 104 valence electrons. The van der Waals surface area contributed by atoms with Crippen LogP contribution in [0.4, 0.5) is 0 Å². The Morgan fingerprint density at radius 3 is 2.55 bits per heavy atom. The molecule has 0 radical (unpaired) electrons. The van der Waals surface area contributed by atoms with Crippen LogP contribution in [0, 0.1) is 0 Å². The Morgan fingerprint density at radius 2 is 1.80 bits per heavy atom. The van der Waals surface area contributed by atoms with Crippen molar-refractivity contribution in [1.82, 2.24) is 4.98 Å². The average molecular weight is 273 g/mol. The van der Waals surface area contributed by atoms with E-state index in [1.54, 1.807) is 12.1 Å². The third kappa shape index (κ3) is 3.98. The predicted octanol–water partition coefficient (Wildman–Crippen LogP) is 2.63. The molecule has 0 saturated carbocycles. The molecule has 0 unspecified atom stereocenters. The van der Waals surface area contributed by atoms with Gasteiger partial charge in [0, 0.05) is 12.6 Å². The number of para-hydroxylation sites is 1. The van der Waals surface area contributed by atoms with Gasteiger partial charge in [-0.25, -0.2) is 9.78 Å². The summed E-state index contributed by atoms with van der Waals surface area (Å²) < 4.78 is 10.9. The number of nitrogens with zero attached hydrogens (tertiary/aromatic N) is 1. The van der Waals surface area contributed by atoms with Gasteiger partial charge in [0.05, 0.1) is 13.2 Å². The minimum absolute atomic E-state index is 0.0727. The van der Waals surface area contributed by atoms with E-state index >= 15 is 0 Å². The van der Waals surface area contributed by atoms with Crippen molar-refractivity contribution in [3.8, 4) is 11.5 Å². The highest BCUT2D eigenvalue weighted by Crippen LogP contribution is 2.15. The number of aromatic nitrogens is 1. The number of rotatable bonds is 7. The lowest BCUT2D eigenvalue weighted by atomic mass is 10.3. The molecule has 0 saturated heterocycles. The number of ether oxygens (including phenoxy) is 2. The van der Waals surface area contributed by atoms with Crippen LogP contribution in [-0.4, -0.2) is 29.3 Å². The summed E-state index contributed by atoms with van der Waals surface area (Å²) in [5, 5.41) is 8.95. The van der Waals surface area contributed by atoms with Crippen LogP contribution in [0.5, 0.6) is 11.5 Å². The molecule has 20 heavy (non-hydrogen) atoms. The Kier molecular flexibility index (Phi) is 4.94. The largest absolute Gasteiger partial charge is 0.493 e. The van der Waals surface area contributed by atoms with Gasteiger partial charge in [0.1, 0.15) is 5.75 Å². The van der Waals surface area contributed by atoms with Crippen LogP contribution >= 0.6 is 0 Å². The Hall–Kier alpha value is -2.56. The smallest absolute Gasteiger partial charge is 0.358 e. The normalized spacial score (nSPS) is 10.0. The first kappa shape index (κ1) is 13.9. The van der Waals surface area contributed by atoms with E-state index < -0.39 is 5.97 Å². The highest BCUT2D eigenvalue weighted by atomic mass is 16.5. The SMILES string of the molecule is O=C(O)c1ncccc1OCCCOc1ccccc1. The summed E-state index contributed by atoms with van der Waals surface area (Å²) in [5.74, 6) is -0.0130. The highest BCUT2D eigenvalue weighted by molar-refractivity contribution is 5.88. The van der Waals surface area contributed by atoms with Gasteiger partial charge in [-0.15, -0.1) is 0 Å². The van der Waals surface area contributed by atoms with Gasteiger partial charge in [0.15, 0.2) is 11.4 Å². The van der Waals surface area contributed by atoms with E-state index in [1.807, 2.05) is 30.3 Å². The van der Waals surface area contributed by atoms with Gasteiger partial charge >= 0.3 is 5.97 Å². The lowest BCUT2D eigenvalue weighted by molar-refractivity contribution is 0.0685. The lowest BCUT2D eigenvalue weighted by Gasteiger charge is -2.09. The van der Waals surface area contributed by atoms with Gasteiger partial charge in [-0.1, -0.05) is 18.2 Å². The van der Waals surface area contributed by atoms with Crippen LogP contribution < -0.4 is 9.47 Å². The summed E-state index contributed by atoms with van der Waals surface area (Å²) in [6.07, 6.45) is 2.08. The number of aromatic carboxylic acids is 1. The van der Waals surface area contributed by atoms with Crippen molar-refractivity contribution < 1.29 is 19.4 Å². The third-order valence-corrected chi connectivity index (χ3v) is 2.53. The summed E-state index contributed by atoms with van der Waals surface area (Å²) >= 11 is 0. The molecular weight excluding hydrogens is 258 g/mol. The van der Waals surface area contributed by atoms with E-state index in [-0.39, 0.29) is 11.4 Å². The van der Waals surface area contributed by atoms with Crippen LogP contribution in [0.2, 0.25) is 0 Å². The maximum Gasteiger partial charge on any atom is 0.358 e. The van der Waals surface area contributed by atoms with Crippen molar-refractivity contribution >= 4 is 5.97 Å². The summed E-state index contributed by atoms with van der Waals surface area (Å²) in [7, 11) is 0. The van der Waals surface area contributed by atoms with Gasteiger partial charge < -0.3 is 14.6 Å². The van der Waals surface area contributed by atoms with Crippen molar-refractivity contribution in [2.45, 2.75) is 6.42 Å². The van der Waals surface area contributed by atoms with Crippen LogP contribution in [0.15, 0.2) is 48.7 Å². The van der Waals surface area contributed by atoms with E-state index in [2.05, 4.69) is 4.98 Å². The number of benzene rings is 1. The molecular formula is C15H15NO4.